The van der Waals surface area contributed by atoms with E-state index in [4.69, 9.17) is 11.6 Å². The van der Waals surface area contributed by atoms with E-state index in [1.807, 2.05) is 35.8 Å². The first-order chi connectivity index (χ1) is 18.8. The molecule has 0 spiro atoms. The summed E-state index contributed by atoms with van der Waals surface area (Å²) in [4.78, 5) is 47.1. The Labute approximate surface area is 231 Å². The first-order valence-corrected chi connectivity index (χ1v) is 13.5. The van der Waals surface area contributed by atoms with Crippen molar-refractivity contribution in [3.05, 3.63) is 86.8 Å². The van der Waals surface area contributed by atoms with Crippen LogP contribution in [0.25, 0.3) is 16.7 Å². The number of aryl methyl sites for hydroxylation is 2. The average Bonchev–Trinajstić information content (AvgIpc) is 3.21. The number of carbonyl (C=O) groups excluding carboxylic acids is 2. The molecule has 1 aromatic carbocycles. The molecule has 9 nitrogen and oxygen atoms in total. The van der Waals surface area contributed by atoms with Gasteiger partial charge in [-0.15, -0.1) is 0 Å². The molecule has 0 radical (unpaired) electrons. The molecule has 0 atom stereocenters. The molecule has 1 fully saturated rings. The summed E-state index contributed by atoms with van der Waals surface area (Å²) in [6.07, 6.45) is 6.58. The number of hydrogen-bond donors (Lipinski definition) is 2. The Morgan fingerprint density at radius 2 is 1.72 bits per heavy atom. The number of fused-ring (bicyclic) bond motifs is 1. The quantitative estimate of drug-likeness (QED) is 0.376. The molecular weight excluding hydrogens is 516 g/mol. The fourth-order valence-electron chi connectivity index (χ4n) is 5.40. The minimum atomic E-state index is -0.273. The molecule has 0 aliphatic heterocycles. The Hall–Kier alpha value is -3.98. The van der Waals surface area contributed by atoms with E-state index in [0.29, 0.717) is 40.1 Å². The summed E-state index contributed by atoms with van der Waals surface area (Å²) < 4.78 is 3.52. The number of carbonyl (C=O) groups is 2. The maximum Gasteiger partial charge on any atom is 0.333 e. The van der Waals surface area contributed by atoms with Crippen LogP contribution in [0.4, 0.5) is 0 Å². The van der Waals surface area contributed by atoms with Crippen molar-refractivity contribution in [3.8, 4) is 5.69 Å². The second-order valence-electron chi connectivity index (χ2n) is 10.1. The summed E-state index contributed by atoms with van der Waals surface area (Å²) in [5.41, 5.74) is 4.42. The molecule has 2 amide bonds. The predicted molar refractivity (Wildman–Crippen MR) is 151 cm³/mol. The van der Waals surface area contributed by atoms with Crippen LogP contribution >= 0.6 is 11.6 Å². The number of hydrogen-bond acceptors (Lipinski definition) is 5. The molecule has 0 saturated heterocycles. The molecule has 5 rings (SSSR count). The molecular formula is C29H31ClN6O3. The van der Waals surface area contributed by atoms with Crippen molar-refractivity contribution in [1.29, 1.82) is 0 Å². The van der Waals surface area contributed by atoms with E-state index in [0.717, 1.165) is 42.3 Å². The number of amides is 2. The van der Waals surface area contributed by atoms with Crippen molar-refractivity contribution in [1.82, 2.24) is 29.7 Å². The Kier molecular flexibility index (Phi) is 7.52. The summed E-state index contributed by atoms with van der Waals surface area (Å²) in [5, 5.41) is 6.15. The fourth-order valence-corrected chi connectivity index (χ4v) is 5.56. The molecule has 3 heterocycles. The van der Waals surface area contributed by atoms with E-state index >= 15 is 0 Å². The van der Waals surface area contributed by atoms with Crippen LogP contribution in [0.2, 0.25) is 5.02 Å². The van der Waals surface area contributed by atoms with Crippen molar-refractivity contribution in [3.63, 3.8) is 0 Å². The molecule has 1 aliphatic rings. The van der Waals surface area contributed by atoms with Gasteiger partial charge in [-0.3, -0.25) is 23.7 Å². The third-order valence-electron chi connectivity index (χ3n) is 7.54. The van der Waals surface area contributed by atoms with Gasteiger partial charge in [-0.1, -0.05) is 23.7 Å². The predicted octanol–water partition coefficient (Wildman–Crippen LogP) is 4.20. The van der Waals surface area contributed by atoms with Gasteiger partial charge in [0.2, 0.25) is 0 Å². The SMILES string of the molecule is CNC(=O)c1cc(C)c(-n2c(=O)n(C[C@H]3CC[C@H](NC(=O)c4cc(Cl)cnc4C)CC3)c3ccccc32)cn1. The number of benzene rings is 1. The smallest absolute Gasteiger partial charge is 0.333 e. The number of nitrogens with zero attached hydrogens (tertiary/aromatic N) is 4. The Balaban J connectivity index is 1.34. The minimum absolute atomic E-state index is 0.0674. The number of pyridine rings is 2. The zero-order valence-corrected chi connectivity index (χ0v) is 23.0. The fraction of sp³-hybridized carbons (Fsp3) is 0.345. The van der Waals surface area contributed by atoms with Gasteiger partial charge >= 0.3 is 5.69 Å². The number of para-hydroxylation sites is 2. The molecule has 0 bridgehead atoms. The van der Waals surface area contributed by atoms with E-state index in [9.17, 15) is 14.4 Å². The lowest BCUT2D eigenvalue weighted by Crippen LogP contribution is -2.39. The standard InChI is InChI=1S/C29H31ClN6O3/c1-17-12-23(28(38)31-3)33-15-26(17)36-25-7-5-4-6-24(25)35(29(36)39)16-19-8-10-21(11-9-19)34-27(37)22-13-20(30)14-32-18(22)2/h4-7,12-15,19,21H,8-11,16H2,1-3H3,(H,31,38)(H,34,37)/t19-,21-. The van der Waals surface area contributed by atoms with Crippen LogP contribution in [0.3, 0.4) is 0 Å². The third kappa shape index (κ3) is 5.31. The highest BCUT2D eigenvalue weighted by molar-refractivity contribution is 6.30. The second-order valence-corrected chi connectivity index (χ2v) is 10.6. The molecule has 0 unspecified atom stereocenters. The summed E-state index contributed by atoms with van der Waals surface area (Å²) in [6, 6.07) is 11.1. The van der Waals surface area contributed by atoms with Crippen LogP contribution in [0.5, 0.6) is 0 Å². The lowest BCUT2D eigenvalue weighted by atomic mass is 9.85. The second kappa shape index (κ2) is 11.0. The zero-order valence-electron chi connectivity index (χ0n) is 22.2. The van der Waals surface area contributed by atoms with E-state index in [1.165, 1.54) is 6.20 Å². The molecule has 1 aliphatic carbocycles. The normalized spacial score (nSPS) is 17.2. The van der Waals surface area contributed by atoms with Gasteiger partial charge in [0.25, 0.3) is 11.8 Å². The zero-order chi connectivity index (χ0) is 27.7. The molecule has 1 saturated carbocycles. The molecule has 2 N–H and O–H groups in total. The third-order valence-corrected chi connectivity index (χ3v) is 7.75. The van der Waals surface area contributed by atoms with E-state index in [2.05, 4.69) is 20.6 Å². The van der Waals surface area contributed by atoms with Crippen molar-refractivity contribution < 1.29 is 9.59 Å². The molecule has 10 heteroatoms. The molecule has 4 aromatic rings. The number of aromatic nitrogens is 4. The van der Waals surface area contributed by atoms with Crippen LogP contribution < -0.4 is 16.3 Å². The van der Waals surface area contributed by atoms with Gasteiger partial charge in [0.15, 0.2) is 0 Å². The molecule has 3 aromatic heterocycles. The highest BCUT2D eigenvalue weighted by Crippen LogP contribution is 2.28. The summed E-state index contributed by atoms with van der Waals surface area (Å²) >= 11 is 6.04. The first-order valence-electron chi connectivity index (χ1n) is 13.1. The van der Waals surface area contributed by atoms with Gasteiger partial charge in [0, 0.05) is 25.8 Å². The van der Waals surface area contributed by atoms with Crippen LogP contribution in [0.15, 0.2) is 53.6 Å². The van der Waals surface area contributed by atoms with Gasteiger partial charge in [-0.2, -0.15) is 0 Å². The largest absolute Gasteiger partial charge is 0.354 e. The van der Waals surface area contributed by atoms with Crippen LogP contribution in [-0.2, 0) is 6.54 Å². The average molecular weight is 547 g/mol. The molecule has 202 valence electrons. The van der Waals surface area contributed by atoms with Crippen molar-refractivity contribution in [2.45, 2.75) is 52.1 Å². The Bertz CT molecular complexity index is 1620. The van der Waals surface area contributed by atoms with Gasteiger partial charge in [-0.05, 0) is 75.3 Å². The monoisotopic (exact) mass is 546 g/mol. The number of rotatable bonds is 6. The summed E-state index contributed by atoms with van der Waals surface area (Å²) in [6.45, 7) is 4.26. The van der Waals surface area contributed by atoms with E-state index in [1.54, 1.807) is 36.9 Å². The molecule has 39 heavy (non-hydrogen) atoms. The first kappa shape index (κ1) is 26.6. The van der Waals surface area contributed by atoms with Crippen molar-refractivity contribution in [2.24, 2.45) is 5.92 Å². The summed E-state index contributed by atoms with van der Waals surface area (Å²) in [7, 11) is 1.56. The highest BCUT2D eigenvalue weighted by atomic mass is 35.5. The van der Waals surface area contributed by atoms with Gasteiger partial charge in [0.05, 0.1) is 39.2 Å². The van der Waals surface area contributed by atoms with Crippen LogP contribution in [-0.4, -0.2) is 44.0 Å². The maximum atomic E-state index is 13.8. The Morgan fingerprint density at radius 3 is 2.41 bits per heavy atom. The van der Waals surface area contributed by atoms with Gasteiger partial charge in [-0.25, -0.2) is 9.78 Å². The van der Waals surface area contributed by atoms with E-state index in [-0.39, 0.29) is 23.5 Å². The topological polar surface area (TPSA) is 111 Å². The highest BCUT2D eigenvalue weighted by Gasteiger charge is 2.26. The van der Waals surface area contributed by atoms with Crippen molar-refractivity contribution in [2.75, 3.05) is 7.05 Å². The lowest BCUT2D eigenvalue weighted by Gasteiger charge is -2.29. The number of imidazole rings is 1. The number of nitrogens with one attached hydrogen (secondary N) is 2. The minimum Gasteiger partial charge on any atom is -0.354 e. The Morgan fingerprint density at radius 1 is 1.00 bits per heavy atom. The van der Waals surface area contributed by atoms with E-state index < -0.39 is 0 Å². The van der Waals surface area contributed by atoms with Gasteiger partial charge in [0.1, 0.15) is 5.69 Å². The number of halogens is 1. The van der Waals surface area contributed by atoms with Crippen LogP contribution in [0, 0.1) is 19.8 Å². The van der Waals surface area contributed by atoms with Gasteiger partial charge < -0.3 is 10.6 Å². The summed E-state index contributed by atoms with van der Waals surface area (Å²) in [5.74, 6) is -0.123. The van der Waals surface area contributed by atoms with Crippen molar-refractivity contribution >= 4 is 34.4 Å². The lowest BCUT2D eigenvalue weighted by molar-refractivity contribution is 0.0917. The maximum absolute atomic E-state index is 13.8. The van der Waals surface area contributed by atoms with Crippen LogP contribution in [0.1, 0.15) is 57.8 Å².